The molecule has 9 nitrogen and oxygen atoms in total. The molecule has 0 aromatic heterocycles. The summed E-state index contributed by atoms with van der Waals surface area (Å²) in [5.41, 5.74) is 5.85. The van der Waals surface area contributed by atoms with Crippen LogP contribution in [0.25, 0.3) is 0 Å². The fraction of sp³-hybridized carbons (Fsp3) is 0.765. The van der Waals surface area contributed by atoms with Crippen LogP contribution in [-0.4, -0.2) is 64.9 Å². The maximum Gasteiger partial charge on any atom is 0.322 e. The van der Waals surface area contributed by atoms with E-state index >= 15 is 0 Å². The number of amides is 3. The van der Waals surface area contributed by atoms with E-state index in [9.17, 15) is 19.2 Å². The van der Waals surface area contributed by atoms with Crippen LogP contribution in [0.4, 0.5) is 0 Å². The van der Waals surface area contributed by atoms with Gasteiger partial charge in [-0.25, -0.2) is 0 Å². The van der Waals surface area contributed by atoms with Crippen molar-refractivity contribution in [1.29, 1.82) is 0 Å². The number of carbonyl (C=O) groups is 4. The molecule has 0 bridgehead atoms. The first-order valence-electron chi connectivity index (χ1n) is 8.92. The second-order valence-electron chi connectivity index (χ2n) is 7.30. The maximum atomic E-state index is 12.9. The van der Waals surface area contributed by atoms with E-state index in [1.807, 2.05) is 13.8 Å². The lowest BCUT2D eigenvalue weighted by Gasteiger charge is -2.31. The van der Waals surface area contributed by atoms with Gasteiger partial charge < -0.3 is 26.4 Å². The number of nitrogens with zero attached hydrogens (tertiary/aromatic N) is 1. The monoisotopic (exact) mass is 370 g/mol. The number of rotatable bonds is 8. The number of likely N-dealkylation sites (tertiary alicyclic amines) is 1. The molecule has 0 aromatic carbocycles. The van der Waals surface area contributed by atoms with Gasteiger partial charge in [0.05, 0.1) is 6.04 Å². The van der Waals surface area contributed by atoms with Gasteiger partial charge in [-0.05, 0) is 24.7 Å². The maximum absolute atomic E-state index is 12.9. The molecule has 9 heteroatoms. The zero-order valence-corrected chi connectivity index (χ0v) is 15.8. The normalized spacial score (nSPS) is 19.3. The molecule has 1 fully saturated rings. The van der Waals surface area contributed by atoms with Crippen LogP contribution in [0.2, 0.25) is 0 Å². The van der Waals surface area contributed by atoms with Crippen LogP contribution >= 0.6 is 0 Å². The highest BCUT2D eigenvalue weighted by Crippen LogP contribution is 2.20. The van der Waals surface area contributed by atoms with Crippen LogP contribution < -0.4 is 16.4 Å². The molecule has 0 unspecified atom stereocenters. The zero-order valence-electron chi connectivity index (χ0n) is 15.8. The molecule has 1 aliphatic heterocycles. The molecule has 148 valence electrons. The fourth-order valence-electron chi connectivity index (χ4n) is 2.83. The Balaban J connectivity index is 2.85. The molecule has 0 aromatic rings. The van der Waals surface area contributed by atoms with Gasteiger partial charge in [0.25, 0.3) is 0 Å². The zero-order chi connectivity index (χ0) is 20.0. The Morgan fingerprint density at radius 2 is 1.77 bits per heavy atom. The van der Waals surface area contributed by atoms with Crippen LogP contribution in [-0.2, 0) is 19.2 Å². The summed E-state index contributed by atoms with van der Waals surface area (Å²) in [6.45, 7) is 7.14. The number of hydrogen-bond acceptors (Lipinski definition) is 5. The van der Waals surface area contributed by atoms with Gasteiger partial charge in [0.15, 0.2) is 0 Å². The summed E-state index contributed by atoms with van der Waals surface area (Å²) in [5, 5.41) is 13.7. The molecule has 0 saturated carbocycles. The lowest BCUT2D eigenvalue weighted by atomic mass is 9.99. The number of hydrogen-bond donors (Lipinski definition) is 4. The molecule has 5 N–H and O–H groups in total. The molecule has 1 rings (SSSR count). The minimum absolute atomic E-state index is 0.0701. The molecule has 3 atom stereocenters. The number of carbonyl (C=O) groups excluding carboxylic acids is 3. The van der Waals surface area contributed by atoms with E-state index in [0.29, 0.717) is 19.4 Å². The van der Waals surface area contributed by atoms with E-state index in [0.717, 1.165) is 0 Å². The van der Waals surface area contributed by atoms with Crippen LogP contribution in [0, 0.1) is 11.8 Å². The number of carboxylic acid groups (broad SMARTS) is 1. The molecule has 1 saturated heterocycles. The molecule has 0 aliphatic carbocycles. The Morgan fingerprint density at radius 3 is 2.27 bits per heavy atom. The summed E-state index contributed by atoms with van der Waals surface area (Å²) in [4.78, 5) is 49.4. The van der Waals surface area contributed by atoms with Crippen LogP contribution in [0.1, 0.15) is 40.5 Å². The molecule has 3 amide bonds. The Morgan fingerprint density at radius 1 is 1.15 bits per heavy atom. The Kier molecular flexibility index (Phi) is 8.01. The lowest BCUT2D eigenvalue weighted by molar-refractivity contribution is -0.143. The van der Waals surface area contributed by atoms with E-state index < -0.39 is 42.5 Å². The van der Waals surface area contributed by atoms with E-state index in [4.69, 9.17) is 10.8 Å². The minimum Gasteiger partial charge on any atom is -0.480 e. The number of nitrogens with one attached hydrogen (secondary N) is 2. The summed E-state index contributed by atoms with van der Waals surface area (Å²) < 4.78 is 0. The first-order valence-corrected chi connectivity index (χ1v) is 8.92. The van der Waals surface area contributed by atoms with Gasteiger partial charge >= 0.3 is 5.97 Å². The highest BCUT2D eigenvalue weighted by molar-refractivity contribution is 5.94. The minimum atomic E-state index is -1.15. The Labute approximate surface area is 153 Å². The second-order valence-corrected chi connectivity index (χ2v) is 7.30. The van der Waals surface area contributed by atoms with Crippen molar-refractivity contribution >= 4 is 23.7 Å². The molecule has 0 spiro atoms. The summed E-state index contributed by atoms with van der Waals surface area (Å²) in [7, 11) is 0. The molecule has 1 heterocycles. The Hall–Kier alpha value is -2.16. The van der Waals surface area contributed by atoms with Crippen molar-refractivity contribution in [2.75, 3.05) is 13.1 Å². The van der Waals surface area contributed by atoms with Gasteiger partial charge in [0.2, 0.25) is 17.7 Å². The predicted octanol–water partition coefficient (Wildman–Crippen LogP) is -0.698. The van der Waals surface area contributed by atoms with E-state index in [1.54, 1.807) is 13.8 Å². The SMILES string of the molecule is CC(C)[C@H](N)C(=O)N[C@H](C(=O)N1CCC[C@H]1C(=O)NCC(=O)O)C(C)C. The average Bonchev–Trinajstić information content (AvgIpc) is 3.05. The van der Waals surface area contributed by atoms with Crippen LogP contribution in [0.3, 0.4) is 0 Å². The van der Waals surface area contributed by atoms with Crippen molar-refractivity contribution in [2.45, 2.75) is 58.7 Å². The van der Waals surface area contributed by atoms with E-state index in [2.05, 4.69) is 10.6 Å². The lowest BCUT2D eigenvalue weighted by Crippen LogP contribution is -2.58. The first kappa shape index (κ1) is 21.9. The van der Waals surface area contributed by atoms with Crippen molar-refractivity contribution < 1.29 is 24.3 Å². The molecule has 26 heavy (non-hydrogen) atoms. The largest absolute Gasteiger partial charge is 0.480 e. The topological polar surface area (TPSA) is 142 Å². The second kappa shape index (κ2) is 9.51. The number of aliphatic carboxylic acids is 1. The van der Waals surface area contributed by atoms with Crippen molar-refractivity contribution in [3.8, 4) is 0 Å². The standard InChI is InChI=1S/C17H30N4O5/c1-9(2)13(18)16(25)20-14(10(3)4)17(26)21-7-5-6-11(21)15(24)19-8-12(22)23/h9-11,13-14H,5-8,18H2,1-4H3,(H,19,24)(H,20,25)(H,22,23)/t11-,13-,14-/m0/s1. The molecular formula is C17H30N4O5. The third-order valence-electron chi connectivity index (χ3n) is 4.50. The van der Waals surface area contributed by atoms with Crippen LogP contribution in [0.5, 0.6) is 0 Å². The Bertz CT molecular complexity index is 549. The summed E-state index contributed by atoms with van der Waals surface area (Å²) in [6.07, 6.45) is 1.10. The van der Waals surface area contributed by atoms with Gasteiger partial charge in [-0.2, -0.15) is 0 Å². The average molecular weight is 370 g/mol. The van der Waals surface area contributed by atoms with Gasteiger partial charge in [0.1, 0.15) is 18.6 Å². The van der Waals surface area contributed by atoms with Crippen molar-refractivity contribution in [1.82, 2.24) is 15.5 Å². The van der Waals surface area contributed by atoms with Crippen molar-refractivity contribution in [3.63, 3.8) is 0 Å². The third kappa shape index (κ3) is 5.69. The highest BCUT2D eigenvalue weighted by atomic mass is 16.4. The smallest absolute Gasteiger partial charge is 0.322 e. The molecular weight excluding hydrogens is 340 g/mol. The number of nitrogens with two attached hydrogens (primary N) is 1. The van der Waals surface area contributed by atoms with Gasteiger partial charge in [-0.1, -0.05) is 27.7 Å². The van der Waals surface area contributed by atoms with E-state index in [-0.39, 0.29) is 17.7 Å². The summed E-state index contributed by atoms with van der Waals surface area (Å²) in [6, 6.07) is -2.24. The fourth-order valence-corrected chi connectivity index (χ4v) is 2.83. The molecule has 0 radical (unpaired) electrons. The third-order valence-corrected chi connectivity index (χ3v) is 4.50. The first-order chi connectivity index (χ1) is 12.1. The van der Waals surface area contributed by atoms with E-state index in [1.165, 1.54) is 4.90 Å². The number of carboxylic acids is 1. The van der Waals surface area contributed by atoms with Gasteiger partial charge in [-0.15, -0.1) is 0 Å². The molecule has 1 aliphatic rings. The quantitative estimate of drug-likeness (QED) is 0.445. The highest BCUT2D eigenvalue weighted by Gasteiger charge is 2.39. The summed E-state index contributed by atoms with van der Waals surface area (Å²) in [5.74, 6) is -2.65. The van der Waals surface area contributed by atoms with Gasteiger partial charge in [0, 0.05) is 6.54 Å². The summed E-state index contributed by atoms with van der Waals surface area (Å²) >= 11 is 0. The van der Waals surface area contributed by atoms with Crippen molar-refractivity contribution in [3.05, 3.63) is 0 Å². The predicted molar refractivity (Wildman–Crippen MR) is 95.0 cm³/mol. The van der Waals surface area contributed by atoms with Crippen LogP contribution in [0.15, 0.2) is 0 Å². The van der Waals surface area contributed by atoms with Crippen molar-refractivity contribution in [2.24, 2.45) is 17.6 Å². The van der Waals surface area contributed by atoms with Gasteiger partial charge in [-0.3, -0.25) is 19.2 Å².